The first-order valence-electron chi connectivity index (χ1n) is 4.96. The minimum Gasteiger partial charge on any atom is -0.352 e. The highest BCUT2D eigenvalue weighted by atomic mass is 35.5. The van der Waals surface area contributed by atoms with Crippen LogP contribution >= 0.6 is 24.8 Å². The molecule has 17 heavy (non-hydrogen) atoms. The smallest absolute Gasteiger partial charge is 0.244 e. The SMILES string of the molecule is CC(C(=O)NCC(C)(C)N)n1cccn1.Cl.Cl. The molecule has 0 saturated carbocycles. The van der Waals surface area contributed by atoms with Gasteiger partial charge in [-0.15, -0.1) is 24.8 Å². The predicted octanol–water partition coefficient (Wildman–Crippen LogP) is 1.14. The van der Waals surface area contributed by atoms with Crippen molar-refractivity contribution in [2.45, 2.75) is 32.4 Å². The summed E-state index contributed by atoms with van der Waals surface area (Å²) in [7, 11) is 0. The molecule has 7 heteroatoms. The Morgan fingerprint density at radius 2 is 2.12 bits per heavy atom. The van der Waals surface area contributed by atoms with Gasteiger partial charge in [0.05, 0.1) is 0 Å². The van der Waals surface area contributed by atoms with Gasteiger partial charge in [0.1, 0.15) is 6.04 Å². The van der Waals surface area contributed by atoms with Gasteiger partial charge < -0.3 is 11.1 Å². The highest BCUT2D eigenvalue weighted by Gasteiger charge is 2.17. The maximum atomic E-state index is 11.7. The highest BCUT2D eigenvalue weighted by molar-refractivity contribution is 5.85. The van der Waals surface area contributed by atoms with Gasteiger partial charge in [0, 0.05) is 24.5 Å². The number of nitrogens with zero attached hydrogens (tertiary/aromatic N) is 2. The highest BCUT2D eigenvalue weighted by Crippen LogP contribution is 2.03. The quantitative estimate of drug-likeness (QED) is 0.870. The van der Waals surface area contributed by atoms with E-state index in [2.05, 4.69) is 10.4 Å². The van der Waals surface area contributed by atoms with Crippen LogP contribution < -0.4 is 11.1 Å². The fraction of sp³-hybridized carbons (Fsp3) is 0.600. The van der Waals surface area contributed by atoms with E-state index >= 15 is 0 Å². The molecule has 1 atom stereocenters. The molecule has 1 heterocycles. The molecule has 0 bridgehead atoms. The Bertz CT molecular complexity index is 322. The number of nitrogens with two attached hydrogens (primary N) is 1. The lowest BCUT2D eigenvalue weighted by molar-refractivity contribution is -0.124. The second-order valence-corrected chi connectivity index (χ2v) is 4.37. The molecule has 0 aliphatic heterocycles. The summed E-state index contributed by atoms with van der Waals surface area (Å²) in [5, 5.41) is 6.79. The molecule has 0 aliphatic rings. The zero-order chi connectivity index (χ0) is 11.5. The second kappa shape index (κ2) is 7.53. The Morgan fingerprint density at radius 3 is 2.53 bits per heavy atom. The largest absolute Gasteiger partial charge is 0.352 e. The molecule has 1 rings (SSSR count). The van der Waals surface area contributed by atoms with Crippen molar-refractivity contribution < 1.29 is 4.79 Å². The van der Waals surface area contributed by atoms with Gasteiger partial charge in [-0.3, -0.25) is 9.48 Å². The lowest BCUT2D eigenvalue weighted by atomic mass is 10.1. The fourth-order valence-corrected chi connectivity index (χ4v) is 1.09. The van der Waals surface area contributed by atoms with E-state index in [-0.39, 0.29) is 42.3 Å². The first-order chi connectivity index (χ1) is 6.90. The Hall–Kier alpha value is -0.780. The van der Waals surface area contributed by atoms with Crippen molar-refractivity contribution in [1.82, 2.24) is 15.1 Å². The molecule has 1 unspecified atom stereocenters. The van der Waals surface area contributed by atoms with Crippen molar-refractivity contribution in [2.75, 3.05) is 6.54 Å². The van der Waals surface area contributed by atoms with E-state index in [1.807, 2.05) is 13.8 Å². The summed E-state index contributed by atoms with van der Waals surface area (Å²) in [4.78, 5) is 11.7. The first-order valence-corrected chi connectivity index (χ1v) is 4.96. The van der Waals surface area contributed by atoms with E-state index in [1.165, 1.54) is 0 Å². The topological polar surface area (TPSA) is 72.9 Å². The standard InChI is InChI=1S/C10H18N4O.2ClH/c1-8(14-6-4-5-13-14)9(15)12-7-10(2,3)11;;/h4-6,8H,7,11H2,1-3H3,(H,12,15);2*1H. The van der Waals surface area contributed by atoms with Crippen LogP contribution in [0.4, 0.5) is 0 Å². The molecule has 1 amide bonds. The van der Waals surface area contributed by atoms with Gasteiger partial charge in [-0.05, 0) is 26.8 Å². The molecule has 0 aromatic carbocycles. The summed E-state index contributed by atoms with van der Waals surface area (Å²) in [5.74, 6) is -0.0720. The third-order valence-electron chi connectivity index (χ3n) is 2.02. The minimum absolute atomic E-state index is 0. The molecule has 0 fully saturated rings. The van der Waals surface area contributed by atoms with Gasteiger partial charge in [0.2, 0.25) is 5.91 Å². The summed E-state index contributed by atoms with van der Waals surface area (Å²) in [6.45, 7) is 5.99. The van der Waals surface area contributed by atoms with Crippen LogP contribution in [0.5, 0.6) is 0 Å². The third kappa shape index (κ3) is 6.51. The third-order valence-corrected chi connectivity index (χ3v) is 2.02. The summed E-state index contributed by atoms with van der Waals surface area (Å²) >= 11 is 0. The summed E-state index contributed by atoms with van der Waals surface area (Å²) in [6.07, 6.45) is 3.41. The van der Waals surface area contributed by atoms with Gasteiger partial charge in [0.25, 0.3) is 0 Å². The Balaban J connectivity index is 0. The number of carbonyl (C=O) groups excluding carboxylic acids is 1. The molecule has 5 nitrogen and oxygen atoms in total. The predicted molar refractivity (Wildman–Crippen MR) is 72.7 cm³/mol. The Morgan fingerprint density at radius 1 is 1.53 bits per heavy atom. The average Bonchev–Trinajstić information content (AvgIpc) is 2.64. The lowest BCUT2D eigenvalue weighted by Gasteiger charge is -2.20. The van der Waals surface area contributed by atoms with Crippen LogP contribution in [0.3, 0.4) is 0 Å². The van der Waals surface area contributed by atoms with Crippen LogP contribution in [-0.2, 0) is 4.79 Å². The fourth-order valence-electron chi connectivity index (χ4n) is 1.09. The van der Waals surface area contributed by atoms with Crippen LogP contribution in [0.2, 0.25) is 0 Å². The molecule has 0 spiro atoms. The van der Waals surface area contributed by atoms with Gasteiger partial charge in [-0.1, -0.05) is 0 Å². The van der Waals surface area contributed by atoms with Crippen LogP contribution in [0.1, 0.15) is 26.8 Å². The van der Waals surface area contributed by atoms with Crippen LogP contribution in [0, 0.1) is 0 Å². The zero-order valence-corrected chi connectivity index (χ0v) is 11.8. The maximum Gasteiger partial charge on any atom is 0.244 e. The number of hydrogen-bond acceptors (Lipinski definition) is 3. The van der Waals surface area contributed by atoms with E-state index in [4.69, 9.17) is 5.73 Å². The number of aromatic nitrogens is 2. The van der Waals surface area contributed by atoms with Crippen molar-refractivity contribution in [3.8, 4) is 0 Å². The van der Waals surface area contributed by atoms with Gasteiger partial charge in [-0.2, -0.15) is 5.10 Å². The number of rotatable bonds is 4. The van der Waals surface area contributed by atoms with Crippen molar-refractivity contribution in [3.63, 3.8) is 0 Å². The Kier molecular flexibility index (Phi) is 8.23. The van der Waals surface area contributed by atoms with Crippen molar-refractivity contribution >= 4 is 30.7 Å². The van der Waals surface area contributed by atoms with Gasteiger partial charge in [-0.25, -0.2) is 0 Å². The molecule has 1 aromatic rings. The van der Waals surface area contributed by atoms with Crippen molar-refractivity contribution in [3.05, 3.63) is 18.5 Å². The molecular formula is C10H20Cl2N4O. The minimum atomic E-state index is -0.389. The molecule has 100 valence electrons. The van der Waals surface area contributed by atoms with Crippen LogP contribution in [0.25, 0.3) is 0 Å². The van der Waals surface area contributed by atoms with E-state index in [0.29, 0.717) is 6.54 Å². The summed E-state index contributed by atoms with van der Waals surface area (Å²) < 4.78 is 1.61. The number of carbonyl (C=O) groups is 1. The van der Waals surface area contributed by atoms with Crippen molar-refractivity contribution in [2.24, 2.45) is 5.73 Å². The second-order valence-electron chi connectivity index (χ2n) is 4.37. The molecule has 1 aromatic heterocycles. The number of halogens is 2. The normalized spacial score (nSPS) is 12.0. The molecule has 3 N–H and O–H groups in total. The summed E-state index contributed by atoms with van der Waals surface area (Å²) in [5.41, 5.74) is 5.38. The van der Waals surface area contributed by atoms with E-state index in [1.54, 1.807) is 30.1 Å². The number of hydrogen-bond donors (Lipinski definition) is 2. The van der Waals surface area contributed by atoms with E-state index < -0.39 is 0 Å². The molecular weight excluding hydrogens is 263 g/mol. The molecule has 0 saturated heterocycles. The maximum absolute atomic E-state index is 11.7. The van der Waals surface area contributed by atoms with Gasteiger partial charge >= 0.3 is 0 Å². The van der Waals surface area contributed by atoms with Gasteiger partial charge in [0.15, 0.2) is 0 Å². The number of amides is 1. The van der Waals surface area contributed by atoms with E-state index in [0.717, 1.165) is 0 Å². The monoisotopic (exact) mass is 282 g/mol. The zero-order valence-electron chi connectivity index (χ0n) is 10.2. The average molecular weight is 283 g/mol. The van der Waals surface area contributed by atoms with E-state index in [9.17, 15) is 4.79 Å². The Labute approximate surface area is 114 Å². The lowest BCUT2D eigenvalue weighted by Crippen LogP contribution is -2.46. The first kappa shape index (κ1) is 18.6. The number of nitrogens with one attached hydrogen (secondary N) is 1. The van der Waals surface area contributed by atoms with Crippen LogP contribution in [-0.4, -0.2) is 27.8 Å². The summed E-state index contributed by atoms with van der Waals surface area (Å²) in [6, 6.07) is 1.48. The molecule has 0 radical (unpaired) electrons. The van der Waals surface area contributed by atoms with Crippen molar-refractivity contribution in [1.29, 1.82) is 0 Å². The molecule has 0 aliphatic carbocycles. The van der Waals surface area contributed by atoms with Crippen LogP contribution in [0.15, 0.2) is 18.5 Å².